The summed E-state index contributed by atoms with van der Waals surface area (Å²) in [6.07, 6.45) is 0.768. The molecule has 5 nitrogen and oxygen atoms in total. The van der Waals surface area contributed by atoms with E-state index in [0.717, 1.165) is 31.6 Å². The molecule has 0 bridgehead atoms. The smallest absolute Gasteiger partial charge is 0.244 e. The molecule has 1 saturated heterocycles. The fraction of sp³-hybridized carbons (Fsp3) is 0.588. The molecule has 0 radical (unpaired) electrons. The first-order valence-corrected chi connectivity index (χ1v) is 8.07. The Balaban J connectivity index is 2.01. The second-order valence-corrected chi connectivity index (χ2v) is 6.16. The van der Waals surface area contributed by atoms with E-state index in [0.29, 0.717) is 13.1 Å². The molecule has 1 unspecified atom stereocenters. The van der Waals surface area contributed by atoms with Gasteiger partial charge in [-0.3, -0.25) is 14.6 Å². The molecule has 1 aliphatic rings. The summed E-state index contributed by atoms with van der Waals surface area (Å²) in [6.45, 7) is 4.11. The van der Waals surface area contributed by atoms with Crippen molar-refractivity contribution in [2.24, 2.45) is 0 Å². The van der Waals surface area contributed by atoms with Crippen LogP contribution in [0.25, 0.3) is 0 Å². The van der Waals surface area contributed by atoms with Crippen LogP contribution in [-0.4, -0.2) is 79.1 Å². The molecular formula is C17H26FN3O2. The van der Waals surface area contributed by atoms with Crippen LogP contribution in [0.3, 0.4) is 0 Å². The first-order valence-electron chi connectivity index (χ1n) is 8.07. The Kier molecular flexibility index (Phi) is 6.50. The average molecular weight is 323 g/mol. The third kappa shape index (κ3) is 4.73. The molecule has 6 heteroatoms. The number of amides is 1. The molecule has 1 fully saturated rings. The van der Waals surface area contributed by atoms with Crippen molar-refractivity contribution in [1.82, 2.24) is 14.7 Å². The first-order chi connectivity index (χ1) is 11.0. The van der Waals surface area contributed by atoms with Gasteiger partial charge in [-0.2, -0.15) is 0 Å². The maximum Gasteiger partial charge on any atom is 0.244 e. The summed E-state index contributed by atoms with van der Waals surface area (Å²) in [7, 11) is 3.73. The summed E-state index contributed by atoms with van der Waals surface area (Å²) in [5, 5.41) is 8.89. The van der Waals surface area contributed by atoms with Gasteiger partial charge >= 0.3 is 0 Å². The highest BCUT2D eigenvalue weighted by Crippen LogP contribution is 2.22. The summed E-state index contributed by atoms with van der Waals surface area (Å²) >= 11 is 0. The van der Waals surface area contributed by atoms with Gasteiger partial charge in [0.05, 0.1) is 0 Å². The monoisotopic (exact) mass is 323 g/mol. The fourth-order valence-electron chi connectivity index (χ4n) is 2.97. The summed E-state index contributed by atoms with van der Waals surface area (Å²) in [4.78, 5) is 18.9. The number of aliphatic hydroxyl groups is 1. The van der Waals surface area contributed by atoms with Crippen molar-refractivity contribution in [2.75, 3.05) is 53.4 Å². The number of halogens is 1. The van der Waals surface area contributed by atoms with Crippen molar-refractivity contribution in [2.45, 2.75) is 12.5 Å². The van der Waals surface area contributed by atoms with E-state index in [9.17, 15) is 9.18 Å². The van der Waals surface area contributed by atoms with Crippen LogP contribution in [0.15, 0.2) is 24.3 Å². The minimum absolute atomic E-state index is 0.0587. The standard InChI is InChI=1S/C17H26FN3O2/c1-19(2)16(14-4-6-15(18)7-5-14)17(23)21-11-9-20(10-12-21)8-3-13-22/h4-7,16,22H,3,8-13H2,1-2H3. The van der Waals surface area contributed by atoms with Crippen LogP contribution >= 0.6 is 0 Å². The van der Waals surface area contributed by atoms with E-state index in [-0.39, 0.29) is 24.4 Å². The van der Waals surface area contributed by atoms with Crippen LogP contribution in [0.4, 0.5) is 4.39 Å². The van der Waals surface area contributed by atoms with E-state index < -0.39 is 0 Å². The van der Waals surface area contributed by atoms with Gasteiger partial charge in [0.15, 0.2) is 0 Å². The molecule has 1 atom stereocenters. The second kappa shape index (κ2) is 8.38. The zero-order valence-electron chi connectivity index (χ0n) is 13.9. The van der Waals surface area contributed by atoms with Crippen LogP contribution in [0.1, 0.15) is 18.0 Å². The molecule has 0 aromatic heterocycles. The van der Waals surface area contributed by atoms with E-state index in [1.807, 2.05) is 23.9 Å². The lowest BCUT2D eigenvalue weighted by Crippen LogP contribution is -2.51. The number of aliphatic hydroxyl groups excluding tert-OH is 1. The molecule has 2 rings (SSSR count). The highest BCUT2D eigenvalue weighted by Gasteiger charge is 2.29. The summed E-state index contributed by atoms with van der Waals surface area (Å²) < 4.78 is 13.1. The molecule has 1 aromatic carbocycles. The SMILES string of the molecule is CN(C)C(C(=O)N1CCN(CCCO)CC1)c1ccc(F)cc1. The quantitative estimate of drug-likeness (QED) is 0.847. The normalized spacial score (nSPS) is 17.5. The second-order valence-electron chi connectivity index (χ2n) is 6.16. The van der Waals surface area contributed by atoms with E-state index in [1.54, 1.807) is 12.1 Å². The van der Waals surface area contributed by atoms with Crippen molar-refractivity contribution in [3.05, 3.63) is 35.6 Å². The molecule has 0 saturated carbocycles. The van der Waals surface area contributed by atoms with Gasteiger partial charge in [0.25, 0.3) is 0 Å². The average Bonchev–Trinajstić information content (AvgIpc) is 2.55. The Morgan fingerprint density at radius 2 is 1.83 bits per heavy atom. The van der Waals surface area contributed by atoms with Gasteiger partial charge in [-0.25, -0.2) is 4.39 Å². The Hall–Kier alpha value is -1.50. The largest absolute Gasteiger partial charge is 0.396 e. The molecule has 1 N–H and O–H groups in total. The van der Waals surface area contributed by atoms with Gasteiger partial charge in [-0.1, -0.05) is 12.1 Å². The summed E-state index contributed by atoms with van der Waals surface area (Å²) in [5.74, 6) is -0.236. The molecule has 0 spiro atoms. The van der Waals surface area contributed by atoms with Crippen LogP contribution < -0.4 is 0 Å². The Morgan fingerprint density at radius 3 is 2.35 bits per heavy atom. The lowest BCUT2D eigenvalue weighted by atomic mass is 10.0. The minimum Gasteiger partial charge on any atom is -0.396 e. The predicted octanol–water partition coefficient (Wildman–Crippen LogP) is 0.955. The summed E-state index contributed by atoms with van der Waals surface area (Å²) in [5.41, 5.74) is 0.809. The molecule has 1 aliphatic heterocycles. The molecule has 128 valence electrons. The molecule has 1 aromatic rings. The van der Waals surface area contributed by atoms with Crippen molar-refractivity contribution < 1.29 is 14.3 Å². The van der Waals surface area contributed by atoms with Crippen LogP contribution in [0, 0.1) is 5.82 Å². The van der Waals surface area contributed by atoms with Gasteiger partial charge in [0.2, 0.25) is 5.91 Å². The lowest BCUT2D eigenvalue weighted by Gasteiger charge is -2.37. The zero-order valence-corrected chi connectivity index (χ0v) is 13.9. The van der Waals surface area contributed by atoms with E-state index >= 15 is 0 Å². The van der Waals surface area contributed by atoms with Gasteiger partial charge in [-0.15, -0.1) is 0 Å². The number of benzene rings is 1. The number of likely N-dealkylation sites (N-methyl/N-ethyl adjacent to an activating group) is 1. The highest BCUT2D eigenvalue weighted by molar-refractivity contribution is 5.83. The van der Waals surface area contributed by atoms with Crippen molar-refractivity contribution in [1.29, 1.82) is 0 Å². The number of hydrogen-bond acceptors (Lipinski definition) is 4. The zero-order chi connectivity index (χ0) is 16.8. The number of nitrogens with zero attached hydrogens (tertiary/aromatic N) is 3. The van der Waals surface area contributed by atoms with Gasteiger partial charge < -0.3 is 10.0 Å². The Bertz CT molecular complexity index is 499. The number of rotatable bonds is 6. The Morgan fingerprint density at radius 1 is 1.22 bits per heavy atom. The molecular weight excluding hydrogens is 297 g/mol. The van der Waals surface area contributed by atoms with Gasteiger partial charge in [0, 0.05) is 39.3 Å². The predicted molar refractivity (Wildman–Crippen MR) is 87.6 cm³/mol. The van der Waals surface area contributed by atoms with Crippen LogP contribution in [0.2, 0.25) is 0 Å². The third-order valence-electron chi connectivity index (χ3n) is 4.25. The number of hydrogen-bond donors (Lipinski definition) is 1. The lowest BCUT2D eigenvalue weighted by molar-refractivity contribution is -0.138. The minimum atomic E-state index is -0.389. The highest BCUT2D eigenvalue weighted by atomic mass is 19.1. The van der Waals surface area contributed by atoms with E-state index in [1.165, 1.54) is 12.1 Å². The van der Waals surface area contributed by atoms with E-state index in [2.05, 4.69) is 4.90 Å². The maximum atomic E-state index is 13.1. The molecule has 0 aliphatic carbocycles. The van der Waals surface area contributed by atoms with Crippen molar-refractivity contribution in [3.8, 4) is 0 Å². The maximum absolute atomic E-state index is 13.1. The molecule has 1 heterocycles. The van der Waals surface area contributed by atoms with Gasteiger partial charge in [-0.05, 0) is 38.2 Å². The number of piperazine rings is 1. The number of carbonyl (C=O) groups is 1. The van der Waals surface area contributed by atoms with Crippen molar-refractivity contribution in [3.63, 3.8) is 0 Å². The van der Waals surface area contributed by atoms with Gasteiger partial charge in [0.1, 0.15) is 11.9 Å². The third-order valence-corrected chi connectivity index (χ3v) is 4.25. The topological polar surface area (TPSA) is 47.0 Å². The Labute approximate surface area is 137 Å². The van der Waals surface area contributed by atoms with Crippen molar-refractivity contribution >= 4 is 5.91 Å². The first kappa shape index (κ1) is 17.8. The molecule has 23 heavy (non-hydrogen) atoms. The number of carbonyl (C=O) groups excluding carboxylic acids is 1. The van der Waals surface area contributed by atoms with Crippen LogP contribution in [-0.2, 0) is 4.79 Å². The summed E-state index contributed by atoms with van der Waals surface area (Å²) in [6, 6.07) is 5.75. The molecule has 1 amide bonds. The van der Waals surface area contributed by atoms with Crippen LogP contribution in [0.5, 0.6) is 0 Å². The fourth-order valence-corrected chi connectivity index (χ4v) is 2.97. The van der Waals surface area contributed by atoms with E-state index in [4.69, 9.17) is 5.11 Å².